The third-order valence-corrected chi connectivity index (χ3v) is 4.49. The Bertz CT molecular complexity index is 385. The van der Waals surface area contributed by atoms with E-state index >= 15 is 0 Å². The Kier molecular flexibility index (Phi) is 8.68. The molecule has 0 amide bonds. The van der Waals surface area contributed by atoms with Gasteiger partial charge in [-0.2, -0.15) is 0 Å². The van der Waals surface area contributed by atoms with E-state index in [0.717, 1.165) is 6.42 Å². The van der Waals surface area contributed by atoms with Gasteiger partial charge in [0, 0.05) is 6.04 Å². The lowest BCUT2D eigenvalue weighted by Crippen LogP contribution is -2.23. The molecular weight excluding hydrogens is 254 g/mol. The zero-order chi connectivity index (χ0) is 15.7. The molecule has 2 N–H and O–H groups in total. The Morgan fingerprint density at radius 3 is 1.95 bits per heavy atom. The first-order chi connectivity index (χ1) is 10.0. The summed E-state index contributed by atoms with van der Waals surface area (Å²) < 4.78 is 0. The van der Waals surface area contributed by atoms with Crippen molar-refractivity contribution < 1.29 is 0 Å². The van der Waals surface area contributed by atoms with Crippen LogP contribution in [-0.4, -0.2) is 6.04 Å². The Morgan fingerprint density at radius 1 is 0.857 bits per heavy atom. The van der Waals surface area contributed by atoms with Crippen molar-refractivity contribution in [2.75, 3.05) is 0 Å². The van der Waals surface area contributed by atoms with Crippen LogP contribution in [0.1, 0.15) is 80.5 Å². The van der Waals surface area contributed by atoms with Gasteiger partial charge < -0.3 is 5.73 Å². The summed E-state index contributed by atoms with van der Waals surface area (Å²) in [4.78, 5) is 0. The SMILES string of the molecule is CCCCCCCCCC(N)Cc1c(C)cc(C)cc1C. The van der Waals surface area contributed by atoms with E-state index in [-0.39, 0.29) is 0 Å². The summed E-state index contributed by atoms with van der Waals surface area (Å²) in [5, 5.41) is 0. The van der Waals surface area contributed by atoms with E-state index in [2.05, 4.69) is 39.8 Å². The van der Waals surface area contributed by atoms with Gasteiger partial charge in [0.05, 0.1) is 0 Å². The van der Waals surface area contributed by atoms with Crippen LogP contribution in [-0.2, 0) is 6.42 Å². The van der Waals surface area contributed by atoms with Gasteiger partial charge in [-0.1, -0.05) is 69.6 Å². The highest BCUT2D eigenvalue weighted by Gasteiger charge is 2.09. The molecule has 1 atom stereocenters. The quantitative estimate of drug-likeness (QED) is 0.556. The third kappa shape index (κ3) is 7.13. The molecule has 1 aromatic rings. The zero-order valence-corrected chi connectivity index (χ0v) is 14.7. The van der Waals surface area contributed by atoms with Gasteiger partial charge in [-0.3, -0.25) is 0 Å². The molecule has 21 heavy (non-hydrogen) atoms. The van der Waals surface area contributed by atoms with Crippen molar-refractivity contribution in [3.63, 3.8) is 0 Å². The molecule has 0 spiro atoms. The van der Waals surface area contributed by atoms with Crippen molar-refractivity contribution in [1.29, 1.82) is 0 Å². The van der Waals surface area contributed by atoms with Crippen molar-refractivity contribution in [2.45, 2.75) is 91.5 Å². The van der Waals surface area contributed by atoms with E-state index in [0.29, 0.717) is 6.04 Å². The summed E-state index contributed by atoms with van der Waals surface area (Å²) in [7, 11) is 0. The smallest absolute Gasteiger partial charge is 0.00795 e. The minimum atomic E-state index is 0.320. The second kappa shape index (κ2) is 10.00. The number of hydrogen-bond acceptors (Lipinski definition) is 1. The van der Waals surface area contributed by atoms with E-state index in [9.17, 15) is 0 Å². The monoisotopic (exact) mass is 289 g/mol. The Labute approximate surface area is 132 Å². The molecular formula is C20H35N. The van der Waals surface area contributed by atoms with Crippen LogP contribution in [0.15, 0.2) is 12.1 Å². The fourth-order valence-corrected chi connectivity index (χ4v) is 3.26. The first-order valence-electron chi connectivity index (χ1n) is 8.87. The lowest BCUT2D eigenvalue weighted by molar-refractivity contribution is 0.527. The van der Waals surface area contributed by atoms with Gasteiger partial charge in [0.15, 0.2) is 0 Å². The standard InChI is InChI=1S/C20H35N/c1-5-6-7-8-9-10-11-12-19(21)15-20-17(3)13-16(2)14-18(20)4/h13-14,19H,5-12,15,21H2,1-4H3. The third-order valence-electron chi connectivity index (χ3n) is 4.49. The van der Waals surface area contributed by atoms with Crippen LogP contribution in [0.5, 0.6) is 0 Å². The van der Waals surface area contributed by atoms with Gasteiger partial charge in [-0.15, -0.1) is 0 Å². The van der Waals surface area contributed by atoms with Crippen LogP contribution in [0.2, 0.25) is 0 Å². The van der Waals surface area contributed by atoms with Gasteiger partial charge in [-0.05, 0) is 50.3 Å². The highest BCUT2D eigenvalue weighted by molar-refractivity contribution is 5.37. The van der Waals surface area contributed by atoms with Crippen molar-refractivity contribution in [3.05, 3.63) is 34.4 Å². The van der Waals surface area contributed by atoms with Crippen LogP contribution < -0.4 is 5.73 Å². The predicted octanol–water partition coefficient (Wildman–Crippen LogP) is 5.62. The summed E-state index contributed by atoms with van der Waals surface area (Å²) in [5.41, 5.74) is 12.0. The Morgan fingerprint density at radius 2 is 1.38 bits per heavy atom. The minimum Gasteiger partial charge on any atom is -0.327 e. The summed E-state index contributed by atoms with van der Waals surface area (Å²) >= 11 is 0. The molecule has 0 aliphatic rings. The van der Waals surface area contributed by atoms with Gasteiger partial charge in [-0.25, -0.2) is 0 Å². The number of benzene rings is 1. The lowest BCUT2D eigenvalue weighted by Gasteiger charge is -2.16. The van der Waals surface area contributed by atoms with Crippen LogP contribution in [0.25, 0.3) is 0 Å². The van der Waals surface area contributed by atoms with Gasteiger partial charge >= 0.3 is 0 Å². The summed E-state index contributed by atoms with van der Waals surface area (Å²) in [6.45, 7) is 8.88. The van der Waals surface area contributed by atoms with Crippen molar-refractivity contribution in [3.8, 4) is 0 Å². The summed E-state index contributed by atoms with van der Waals surface area (Å²) in [5.74, 6) is 0. The fourth-order valence-electron chi connectivity index (χ4n) is 3.26. The molecule has 1 rings (SSSR count). The Hall–Kier alpha value is -0.820. The van der Waals surface area contributed by atoms with Crippen molar-refractivity contribution in [1.82, 2.24) is 0 Å². The van der Waals surface area contributed by atoms with E-state index < -0.39 is 0 Å². The number of aryl methyl sites for hydroxylation is 3. The largest absolute Gasteiger partial charge is 0.327 e. The van der Waals surface area contributed by atoms with Gasteiger partial charge in [0.25, 0.3) is 0 Å². The van der Waals surface area contributed by atoms with E-state index in [1.165, 1.54) is 73.6 Å². The van der Waals surface area contributed by atoms with Gasteiger partial charge in [0.1, 0.15) is 0 Å². The van der Waals surface area contributed by atoms with Crippen LogP contribution in [0.3, 0.4) is 0 Å². The molecule has 1 heteroatoms. The molecule has 0 saturated heterocycles. The highest BCUT2D eigenvalue weighted by atomic mass is 14.6. The number of unbranched alkanes of at least 4 members (excludes halogenated alkanes) is 6. The maximum absolute atomic E-state index is 6.34. The normalized spacial score (nSPS) is 12.6. The molecule has 0 aromatic heterocycles. The first-order valence-corrected chi connectivity index (χ1v) is 8.87. The number of hydrogen-bond donors (Lipinski definition) is 1. The Balaban J connectivity index is 2.26. The van der Waals surface area contributed by atoms with E-state index in [4.69, 9.17) is 5.73 Å². The van der Waals surface area contributed by atoms with Crippen LogP contribution in [0.4, 0.5) is 0 Å². The predicted molar refractivity (Wildman–Crippen MR) is 94.9 cm³/mol. The first kappa shape index (κ1) is 18.2. The zero-order valence-electron chi connectivity index (χ0n) is 14.7. The maximum Gasteiger partial charge on any atom is 0.00795 e. The number of nitrogens with two attached hydrogens (primary N) is 1. The minimum absolute atomic E-state index is 0.320. The molecule has 120 valence electrons. The van der Waals surface area contributed by atoms with Crippen molar-refractivity contribution in [2.24, 2.45) is 5.73 Å². The van der Waals surface area contributed by atoms with Crippen LogP contribution >= 0.6 is 0 Å². The van der Waals surface area contributed by atoms with Crippen molar-refractivity contribution >= 4 is 0 Å². The molecule has 1 aromatic carbocycles. The molecule has 0 bridgehead atoms. The number of rotatable bonds is 10. The fraction of sp³-hybridized carbons (Fsp3) is 0.700. The molecule has 0 aliphatic carbocycles. The summed E-state index contributed by atoms with van der Waals surface area (Å²) in [6, 6.07) is 4.88. The average Bonchev–Trinajstić information content (AvgIpc) is 2.42. The topological polar surface area (TPSA) is 26.0 Å². The molecule has 0 radical (unpaired) electrons. The molecule has 1 unspecified atom stereocenters. The summed E-state index contributed by atoms with van der Waals surface area (Å²) in [6.07, 6.45) is 11.8. The average molecular weight is 290 g/mol. The highest BCUT2D eigenvalue weighted by Crippen LogP contribution is 2.19. The molecule has 0 saturated carbocycles. The van der Waals surface area contributed by atoms with Gasteiger partial charge in [0.2, 0.25) is 0 Å². The second-order valence-corrected chi connectivity index (χ2v) is 6.75. The van der Waals surface area contributed by atoms with E-state index in [1.807, 2.05) is 0 Å². The molecule has 0 heterocycles. The van der Waals surface area contributed by atoms with E-state index in [1.54, 1.807) is 0 Å². The lowest BCUT2D eigenvalue weighted by atomic mass is 9.93. The van der Waals surface area contributed by atoms with Crippen LogP contribution in [0, 0.1) is 20.8 Å². The maximum atomic E-state index is 6.34. The molecule has 1 nitrogen and oxygen atoms in total. The second-order valence-electron chi connectivity index (χ2n) is 6.75. The molecule has 0 aliphatic heterocycles. The molecule has 0 fully saturated rings.